The van der Waals surface area contributed by atoms with Gasteiger partial charge in [-0.2, -0.15) is 0 Å². The molecule has 0 bridgehead atoms. The number of nitrogens with one attached hydrogen (secondary N) is 2. The maximum absolute atomic E-state index is 12.6. The summed E-state index contributed by atoms with van der Waals surface area (Å²) in [5, 5.41) is 78.6. The molecule has 336 valence electrons. The molecule has 0 unspecified atom stereocenters. The molecule has 59 heavy (non-hydrogen) atoms. The van der Waals surface area contributed by atoms with E-state index in [1.54, 1.807) is 0 Å². The molecule has 0 aliphatic heterocycles. The zero-order valence-corrected chi connectivity index (χ0v) is 32.6. The van der Waals surface area contributed by atoms with Gasteiger partial charge in [-0.05, 0) is 19.3 Å². The Balaban J connectivity index is 4.89. The van der Waals surface area contributed by atoms with E-state index >= 15 is 0 Å². The van der Waals surface area contributed by atoms with Crippen molar-refractivity contribution in [2.24, 2.45) is 0 Å². The predicted octanol–water partition coefficient (Wildman–Crippen LogP) is -5.12. The second-order valence-corrected chi connectivity index (χ2v) is 13.3. The molecule has 0 fully saturated rings. The van der Waals surface area contributed by atoms with Gasteiger partial charge in [0.05, 0.1) is 65.4 Å². The van der Waals surface area contributed by atoms with Gasteiger partial charge in [-0.3, -0.25) is 77.3 Å². The summed E-state index contributed by atoms with van der Waals surface area (Å²) in [4.78, 5) is 122. The Morgan fingerprint density at radius 3 is 0.678 bits per heavy atom. The van der Waals surface area contributed by atoms with Crippen LogP contribution in [0.5, 0.6) is 0 Å². The standard InChI is InChI=1S/C33H56N8O18/c42-24(14-38(18-28(48)49)10-6-36(16-26(44)45)8-12-40(20-30(52)53)21-31(54)55)34-4-2-1-3-5-35-25(43)15-39(19-29(50)51)11-7-37(17-27(46)47)9-13-41(22-32(56)57)23-33(58)59/h1-23H2,(H,34,42)(H,35,43)(H,44,45)(H,46,47)(H,48,49)(H,50,51)(H,52,53)(H,54,55)(H,56,57)(H,58,59). The number of carbonyl (C=O) groups excluding carboxylic acids is 2. The second-order valence-electron chi connectivity index (χ2n) is 13.3. The van der Waals surface area contributed by atoms with E-state index in [2.05, 4.69) is 10.6 Å². The van der Waals surface area contributed by atoms with Gasteiger partial charge in [-0.1, -0.05) is 0 Å². The number of aliphatic carboxylic acids is 8. The minimum absolute atomic E-state index is 0.0327. The number of amides is 2. The zero-order chi connectivity index (χ0) is 44.9. The van der Waals surface area contributed by atoms with Crippen LogP contribution in [0.2, 0.25) is 0 Å². The fourth-order valence-electron chi connectivity index (χ4n) is 5.46. The Morgan fingerprint density at radius 1 is 0.271 bits per heavy atom. The summed E-state index contributed by atoms with van der Waals surface area (Å²) in [6, 6.07) is 0. The van der Waals surface area contributed by atoms with Crippen molar-refractivity contribution in [2.45, 2.75) is 19.3 Å². The molecule has 0 atom stereocenters. The number of unbranched alkanes of at least 4 members (excludes halogenated alkanes) is 2. The average Bonchev–Trinajstić information content (AvgIpc) is 3.07. The van der Waals surface area contributed by atoms with E-state index in [0.29, 0.717) is 19.3 Å². The van der Waals surface area contributed by atoms with E-state index in [1.807, 2.05) is 0 Å². The lowest BCUT2D eigenvalue weighted by Crippen LogP contribution is -2.46. The average molecular weight is 853 g/mol. The number of hydrogen-bond acceptors (Lipinski definition) is 16. The number of carboxylic acids is 8. The lowest BCUT2D eigenvalue weighted by molar-refractivity contribution is -0.144. The molecule has 26 heteroatoms. The first kappa shape index (κ1) is 53.5. The van der Waals surface area contributed by atoms with E-state index in [-0.39, 0.29) is 78.5 Å². The zero-order valence-electron chi connectivity index (χ0n) is 32.6. The number of nitrogens with zero attached hydrogens (tertiary/aromatic N) is 6. The molecule has 0 spiro atoms. The Labute approximate surface area is 338 Å². The highest BCUT2D eigenvalue weighted by Gasteiger charge is 2.21. The quantitative estimate of drug-likeness (QED) is 0.0260. The third-order valence-electron chi connectivity index (χ3n) is 8.03. The molecule has 10 N–H and O–H groups in total. The highest BCUT2D eigenvalue weighted by Crippen LogP contribution is 2.00. The first-order valence-electron chi connectivity index (χ1n) is 18.3. The molecule has 0 saturated carbocycles. The summed E-state index contributed by atoms with van der Waals surface area (Å²) in [5.41, 5.74) is 0. The van der Waals surface area contributed by atoms with Gasteiger partial charge < -0.3 is 51.5 Å². The summed E-state index contributed by atoms with van der Waals surface area (Å²) in [6.45, 7) is -5.29. The third kappa shape index (κ3) is 32.1. The molecule has 0 aliphatic rings. The minimum atomic E-state index is -1.28. The maximum atomic E-state index is 12.6. The van der Waals surface area contributed by atoms with Crippen LogP contribution in [0.15, 0.2) is 0 Å². The van der Waals surface area contributed by atoms with Crippen LogP contribution in [0.1, 0.15) is 19.3 Å². The highest BCUT2D eigenvalue weighted by molar-refractivity contribution is 5.79. The van der Waals surface area contributed by atoms with E-state index < -0.39 is 112 Å². The Kier molecular flexibility index (Phi) is 27.7. The van der Waals surface area contributed by atoms with Crippen LogP contribution in [0, 0.1) is 0 Å². The molecule has 0 radical (unpaired) electrons. The van der Waals surface area contributed by atoms with E-state index in [0.717, 1.165) is 9.80 Å². The number of carboxylic acid groups (broad SMARTS) is 8. The van der Waals surface area contributed by atoms with Gasteiger partial charge in [0.25, 0.3) is 0 Å². The summed E-state index contributed by atoms with van der Waals surface area (Å²) in [6.07, 6.45) is 1.47. The maximum Gasteiger partial charge on any atom is 0.317 e. The van der Waals surface area contributed by atoms with E-state index in [4.69, 9.17) is 20.4 Å². The lowest BCUT2D eigenvalue weighted by atomic mass is 10.2. The van der Waals surface area contributed by atoms with Crippen LogP contribution in [0.4, 0.5) is 0 Å². The van der Waals surface area contributed by atoms with Crippen LogP contribution in [-0.2, 0) is 47.9 Å². The monoisotopic (exact) mass is 852 g/mol. The van der Waals surface area contributed by atoms with Crippen LogP contribution in [0.25, 0.3) is 0 Å². The highest BCUT2D eigenvalue weighted by atomic mass is 16.4. The summed E-state index contributed by atoms with van der Waals surface area (Å²) >= 11 is 0. The van der Waals surface area contributed by atoms with Crippen LogP contribution >= 0.6 is 0 Å². The van der Waals surface area contributed by atoms with Crippen molar-refractivity contribution >= 4 is 59.6 Å². The summed E-state index contributed by atoms with van der Waals surface area (Å²) in [5.74, 6) is -11.1. The van der Waals surface area contributed by atoms with Crippen molar-refractivity contribution in [3.63, 3.8) is 0 Å². The third-order valence-corrected chi connectivity index (χ3v) is 8.03. The molecule has 0 aromatic heterocycles. The summed E-state index contributed by atoms with van der Waals surface area (Å²) < 4.78 is 0. The Morgan fingerprint density at radius 2 is 0.458 bits per heavy atom. The molecular formula is C33H56N8O18. The lowest BCUT2D eigenvalue weighted by Gasteiger charge is -2.27. The Bertz CT molecular complexity index is 1280. The van der Waals surface area contributed by atoms with Crippen LogP contribution in [0.3, 0.4) is 0 Å². The minimum Gasteiger partial charge on any atom is -0.480 e. The van der Waals surface area contributed by atoms with Gasteiger partial charge in [-0.25, -0.2) is 0 Å². The first-order valence-corrected chi connectivity index (χ1v) is 18.3. The Hall–Kier alpha value is -5.54. The number of hydrogen-bond donors (Lipinski definition) is 10. The van der Waals surface area contributed by atoms with Crippen molar-refractivity contribution in [1.29, 1.82) is 0 Å². The molecule has 0 heterocycles. The van der Waals surface area contributed by atoms with Crippen molar-refractivity contribution < 1.29 is 88.8 Å². The largest absolute Gasteiger partial charge is 0.480 e. The molecule has 0 aliphatic carbocycles. The van der Waals surface area contributed by atoms with Crippen molar-refractivity contribution in [1.82, 2.24) is 40.0 Å². The predicted molar refractivity (Wildman–Crippen MR) is 200 cm³/mol. The van der Waals surface area contributed by atoms with Gasteiger partial charge in [0.2, 0.25) is 11.8 Å². The first-order chi connectivity index (χ1) is 27.6. The topological polar surface area (TPSA) is 376 Å². The molecule has 2 amide bonds. The smallest absolute Gasteiger partial charge is 0.317 e. The van der Waals surface area contributed by atoms with Gasteiger partial charge in [0.1, 0.15) is 0 Å². The molecule has 0 aromatic carbocycles. The van der Waals surface area contributed by atoms with Gasteiger partial charge in [0.15, 0.2) is 0 Å². The molecule has 0 rings (SSSR count). The van der Waals surface area contributed by atoms with Crippen LogP contribution in [-0.4, -0.2) is 261 Å². The molecule has 0 aromatic rings. The van der Waals surface area contributed by atoms with E-state index in [1.165, 1.54) is 19.6 Å². The van der Waals surface area contributed by atoms with Crippen molar-refractivity contribution in [3.8, 4) is 0 Å². The van der Waals surface area contributed by atoms with Crippen molar-refractivity contribution in [3.05, 3.63) is 0 Å². The van der Waals surface area contributed by atoms with Crippen molar-refractivity contribution in [2.75, 3.05) is 131 Å². The SMILES string of the molecule is O=C(O)CN(CCN(CC(=O)O)CC(=O)O)CCN(CC(=O)O)CC(=O)NCCCCCNC(=O)CN(CCN(CCN(CC(=O)O)CC(=O)O)CC(=O)O)CC(=O)O. The fourth-order valence-corrected chi connectivity index (χ4v) is 5.46. The van der Waals surface area contributed by atoms with Gasteiger partial charge in [-0.15, -0.1) is 0 Å². The molecule has 26 nitrogen and oxygen atoms in total. The van der Waals surface area contributed by atoms with Gasteiger partial charge >= 0.3 is 47.8 Å². The molecule has 0 saturated heterocycles. The normalized spacial score (nSPS) is 11.4. The molecular weight excluding hydrogens is 796 g/mol. The van der Waals surface area contributed by atoms with E-state index in [9.17, 15) is 68.4 Å². The van der Waals surface area contributed by atoms with Crippen LogP contribution < -0.4 is 10.6 Å². The fraction of sp³-hybridized carbons (Fsp3) is 0.697. The number of rotatable bonds is 38. The number of carbonyl (C=O) groups is 10. The second kappa shape index (κ2) is 30.5. The summed E-state index contributed by atoms with van der Waals surface area (Å²) in [7, 11) is 0. The van der Waals surface area contributed by atoms with Gasteiger partial charge in [0, 0.05) is 65.4 Å².